The molecule has 108 valence electrons. The lowest BCUT2D eigenvalue weighted by Crippen LogP contribution is -2.37. The number of carbonyl (C=O) groups excluding carboxylic acids is 1. The zero-order chi connectivity index (χ0) is 15.1. The summed E-state index contributed by atoms with van der Waals surface area (Å²) in [5, 5.41) is 20.7. The Labute approximate surface area is 115 Å². The lowest BCUT2D eigenvalue weighted by atomic mass is 10.1. The zero-order valence-electron chi connectivity index (χ0n) is 10.7. The van der Waals surface area contributed by atoms with Gasteiger partial charge in [-0.05, 0) is 18.1 Å². The SMILES string of the molecule is NC(=O)CCC(NCc1ccccc1C(=O)O)C(=O)O. The maximum Gasteiger partial charge on any atom is 0.336 e. The summed E-state index contributed by atoms with van der Waals surface area (Å²) in [6.07, 6.45) is 0.00441. The Hall–Kier alpha value is -2.41. The van der Waals surface area contributed by atoms with Crippen LogP contribution in [0.4, 0.5) is 0 Å². The third-order valence-corrected chi connectivity index (χ3v) is 2.76. The highest BCUT2D eigenvalue weighted by atomic mass is 16.4. The highest BCUT2D eigenvalue weighted by Crippen LogP contribution is 2.09. The molecule has 0 saturated carbocycles. The highest BCUT2D eigenvalue weighted by Gasteiger charge is 2.18. The summed E-state index contributed by atoms with van der Waals surface area (Å²) in [7, 11) is 0. The van der Waals surface area contributed by atoms with E-state index in [1.54, 1.807) is 18.2 Å². The van der Waals surface area contributed by atoms with Crippen LogP contribution in [0.2, 0.25) is 0 Å². The van der Waals surface area contributed by atoms with Gasteiger partial charge in [0.25, 0.3) is 0 Å². The van der Waals surface area contributed by atoms with Crippen molar-refractivity contribution in [3.8, 4) is 0 Å². The first-order valence-electron chi connectivity index (χ1n) is 5.97. The maximum atomic E-state index is 11.0. The number of benzene rings is 1. The van der Waals surface area contributed by atoms with E-state index >= 15 is 0 Å². The van der Waals surface area contributed by atoms with Gasteiger partial charge in [-0.25, -0.2) is 4.79 Å². The van der Waals surface area contributed by atoms with E-state index in [4.69, 9.17) is 15.9 Å². The van der Waals surface area contributed by atoms with E-state index in [1.807, 2.05) is 0 Å². The summed E-state index contributed by atoms with van der Waals surface area (Å²) in [5.74, 6) is -2.77. The molecule has 1 aromatic rings. The molecule has 1 rings (SSSR count). The minimum atomic E-state index is -1.11. The molecule has 0 radical (unpaired) electrons. The van der Waals surface area contributed by atoms with Gasteiger partial charge in [-0.3, -0.25) is 9.59 Å². The number of nitrogens with one attached hydrogen (secondary N) is 1. The molecule has 0 bridgehead atoms. The summed E-state index contributed by atoms with van der Waals surface area (Å²) >= 11 is 0. The summed E-state index contributed by atoms with van der Waals surface area (Å²) < 4.78 is 0. The number of hydrogen-bond donors (Lipinski definition) is 4. The Morgan fingerprint density at radius 3 is 2.40 bits per heavy atom. The lowest BCUT2D eigenvalue weighted by molar-refractivity contribution is -0.139. The normalized spacial score (nSPS) is 11.8. The molecule has 0 aliphatic carbocycles. The number of amides is 1. The summed E-state index contributed by atoms with van der Waals surface area (Å²) in [5.41, 5.74) is 5.56. The second-order valence-electron chi connectivity index (χ2n) is 4.24. The molecule has 0 saturated heterocycles. The number of aliphatic carboxylic acids is 1. The van der Waals surface area contributed by atoms with Crippen LogP contribution in [0.1, 0.15) is 28.8 Å². The Bertz CT molecular complexity index is 515. The minimum absolute atomic E-state index is 0.0510. The Morgan fingerprint density at radius 1 is 1.20 bits per heavy atom. The average Bonchev–Trinajstić information content (AvgIpc) is 2.38. The van der Waals surface area contributed by atoms with Gasteiger partial charge in [-0.15, -0.1) is 0 Å². The van der Waals surface area contributed by atoms with Gasteiger partial charge < -0.3 is 21.3 Å². The first-order chi connectivity index (χ1) is 9.41. The van der Waals surface area contributed by atoms with Crippen LogP contribution >= 0.6 is 0 Å². The van der Waals surface area contributed by atoms with E-state index < -0.39 is 23.9 Å². The van der Waals surface area contributed by atoms with Crippen molar-refractivity contribution in [1.82, 2.24) is 5.32 Å². The van der Waals surface area contributed by atoms with E-state index in [0.717, 1.165) is 0 Å². The van der Waals surface area contributed by atoms with Crippen LogP contribution in [-0.2, 0) is 16.1 Å². The van der Waals surface area contributed by atoms with Gasteiger partial charge in [0.15, 0.2) is 0 Å². The van der Waals surface area contributed by atoms with Gasteiger partial charge in [0.05, 0.1) is 5.56 Å². The molecule has 0 aromatic heterocycles. The van der Waals surface area contributed by atoms with Crippen LogP contribution in [0.5, 0.6) is 0 Å². The van der Waals surface area contributed by atoms with E-state index in [9.17, 15) is 14.4 Å². The van der Waals surface area contributed by atoms with Crippen molar-refractivity contribution in [2.75, 3.05) is 0 Å². The summed E-state index contributed by atoms with van der Waals surface area (Å²) in [6.45, 7) is 0.0815. The van der Waals surface area contributed by atoms with E-state index in [0.29, 0.717) is 5.56 Å². The number of aromatic carboxylic acids is 1. The van der Waals surface area contributed by atoms with E-state index in [1.165, 1.54) is 6.07 Å². The van der Waals surface area contributed by atoms with Gasteiger partial charge in [0.1, 0.15) is 6.04 Å². The smallest absolute Gasteiger partial charge is 0.336 e. The number of rotatable bonds is 8. The molecule has 1 amide bonds. The third kappa shape index (κ3) is 4.69. The zero-order valence-corrected chi connectivity index (χ0v) is 10.7. The molecule has 7 heteroatoms. The minimum Gasteiger partial charge on any atom is -0.480 e. The molecule has 0 aliphatic rings. The predicted octanol–water partition coefficient (Wildman–Crippen LogP) is 0.193. The predicted molar refractivity (Wildman–Crippen MR) is 70.1 cm³/mol. The second-order valence-corrected chi connectivity index (χ2v) is 4.24. The first kappa shape index (κ1) is 15.6. The molecular weight excluding hydrogens is 264 g/mol. The van der Waals surface area contributed by atoms with Crippen LogP contribution < -0.4 is 11.1 Å². The van der Waals surface area contributed by atoms with Crippen molar-refractivity contribution in [2.24, 2.45) is 5.73 Å². The molecule has 20 heavy (non-hydrogen) atoms. The van der Waals surface area contributed by atoms with E-state index in [-0.39, 0.29) is 24.9 Å². The molecular formula is C13H16N2O5. The van der Waals surface area contributed by atoms with Crippen molar-refractivity contribution < 1.29 is 24.6 Å². The first-order valence-corrected chi connectivity index (χ1v) is 5.97. The molecule has 7 nitrogen and oxygen atoms in total. The molecule has 0 fully saturated rings. The fourth-order valence-corrected chi connectivity index (χ4v) is 1.72. The number of carboxylic acids is 2. The fourth-order valence-electron chi connectivity index (χ4n) is 1.72. The number of hydrogen-bond acceptors (Lipinski definition) is 4. The lowest BCUT2D eigenvalue weighted by Gasteiger charge is -2.14. The van der Waals surface area contributed by atoms with Crippen LogP contribution in [0.25, 0.3) is 0 Å². The molecule has 1 atom stereocenters. The van der Waals surface area contributed by atoms with Gasteiger partial charge in [-0.2, -0.15) is 0 Å². The van der Waals surface area contributed by atoms with Crippen LogP contribution in [-0.4, -0.2) is 34.1 Å². The van der Waals surface area contributed by atoms with Crippen LogP contribution in [0.15, 0.2) is 24.3 Å². The van der Waals surface area contributed by atoms with Crippen molar-refractivity contribution in [3.05, 3.63) is 35.4 Å². The monoisotopic (exact) mass is 280 g/mol. The Balaban J connectivity index is 2.70. The van der Waals surface area contributed by atoms with Crippen molar-refractivity contribution in [1.29, 1.82) is 0 Å². The summed E-state index contributed by atoms with van der Waals surface area (Å²) in [6, 6.07) is 5.35. The van der Waals surface area contributed by atoms with Gasteiger partial charge in [-0.1, -0.05) is 18.2 Å². The fraction of sp³-hybridized carbons (Fsp3) is 0.308. The topological polar surface area (TPSA) is 130 Å². The Morgan fingerprint density at radius 2 is 1.85 bits per heavy atom. The second kappa shape index (κ2) is 7.25. The molecule has 1 unspecified atom stereocenters. The highest BCUT2D eigenvalue weighted by molar-refractivity contribution is 5.89. The average molecular weight is 280 g/mol. The molecule has 0 spiro atoms. The van der Waals surface area contributed by atoms with Crippen molar-refractivity contribution in [3.63, 3.8) is 0 Å². The maximum absolute atomic E-state index is 11.0. The van der Waals surface area contributed by atoms with Gasteiger partial charge in [0, 0.05) is 13.0 Å². The Kier molecular flexibility index (Phi) is 5.67. The third-order valence-electron chi connectivity index (χ3n) is 2.76. The van der Waals surface area contributed by atoms with Crippen LogP contribution in [0.3, 0.4) is 0 Å². The largest absolute Gasteiger partial charge is 0.480 e. The van der Waals surface area contributed by atoms with Crippen molar-refractivity contribution in [2.45, 2.75) is 25.4 Å². The van der Waals surface area contributed by atoms with Crippen molar-refractivity contribution >= 4 is 17.8 Å². The van der Waals surface area contributed by atoms with E-state index in [2.05, 4.69) is 5.32 Å². The molecule has 5 N–H and O–H groups in total. The van der Waals surface area contributed by atoms with Gasteiger partial charge in [0.2, 0.25) is 5.91 Å². The van der Waals surface area contributed by atoms with Crippen LogP contribution in [0, 0.1) is 0 Å². The quantitative estimate of drug-likeness (QED) is 0.538. The molecule has 0 aliphatic heterocycles. The number of primary amides is 1. The number of carboxylic acid groups (broad SMARTS) is 2. The molecule has 1 aromatic carbocycles. The summed E-state index contributed by atoms with van der Waals surface area (Å²) in [4.78, 5) is 32.7. The molecule has 0 heterocycles. The van der Waals surface area contributed by atoms with Gasteiger partial charge >= 0.3 is 11.9 Å². The number of carbonyl (C=O) groups is 3. The number of nitrogens with two attached hydrogens (primary N) is 1. The standard InChI is InChI=1S/C13H16N2O5/c14-11(16)6-5-10(13(19)20)15-7-8-3-1-2-4-9(8)12(17)18/h1-4,10,15H,5-7H2,(H2,14,16)(H,17,18)(H,19,20).